The maximum Gasteiger partial charge on any atom is 0.226 e. The van der Waals surface area contributed by atoms with E-state index in [1.54, 1.807) is 12.1 Å². The molecule has 10 atom stereocenters. The number of nitrogens with two attached hydrogens (primary N) is 1. The van der Waals surface area contributed by atoms with E-state index in [2.05, 4.69) is 47.9 Å². The zero-order chi connectivity index (χ0) is 40.4. The lowest BCUT2D eigenvalue weighted by atomic mass is 9.96. The largest absolute Gasteiger partial charge is 0.508 e. The predicted molar refractivity (Wildman–Crippen MR) is 209 cm³/mol. The molecule has 1 saturated carbocycles. The molecule has 12 N–H and O–H groups in total. The number of phenolic OH excluding ortho intramolecular Hbond substituents is 1. The second-order valence-corrected chi connectivity index (χ2v) is 16.4. The van der Waals surface area contributed by atoms with Crippen molar-refractivity contribution in [1.82, 2.24) is 47.9 Å². The molecule has 3 heterocycles. The number of benzene rings is 1. The molecule has 5 rings (SSSR count). The molecule has 310 valence electrons. The summed E-state index contributed by atoms with van der Waals surface area (Å²) in [6, 6.07) is 4.21. The zero-order valence-corrected chi connectivity index (χ0v) is 32.8. The SMILES string of the molecule is CNC1CCCC1C(=O)NC1CNCC1C(=O)N[C@H](CC(=O)NC1CNCC1C(=O)N[C@H](CC(=O)NC1CNCC1C(N)=O)Cc1ccc(O)cc1)CC(C)C. The molecule has 3 aliphatic heterocycles. The van der Waals surface area contributed by atoms with Crippen LogP contribution in [-0.2, 0) is 35.2 Å². The van der Waals surface area contributed by atoms with Gasteiger partial charge in [-0.3, -0.25) is 28.8 Å². The Labute approximate surface area is 329 Å². The van der Waals surface area contributed by atoms with Crippen LogP contribution in [0.15, 0.2) is 24.3 Å². The Morgan fingerprint density at radius 1 is 0.679 bits per heavy atom. The van der Waals surface area contributed by atoms with Crippen molar-refractivity contribution in [2.45, 2.75) is 95.0 Å². The summed E-state index contributed by atoms with van der Waals surface area (Å²) >= 11 is 0. The van der Waals surface area contributed by atoms with Crippen LogP contribution in [-0.4, -0.2) is 123 Å². The smallest absolute Gasteiger partial charge is 0.226 e. The van der Waals surface area contributed by atoms with E-state index in [9.17, 15) is 33.9 Å². The van der Waals surface area contributed by atoms with E-state index in [1.165, 1.54) is 12.1 Å². The fraction of sp³-hybridized carbons (Fsp3) is 0.692. The third-order valence-electron chi connectivity index (χ3n) is 11.7. The molecule has 17 heteroatoms. The van der Waals surface area contributed by atoms with Crippen molar-refractivity contribution in [2.75, 3.05) is 46.3 Å². The molecule has 1 aromatic rings. The number of carbonyl (C=O) groups is 6. The van der Waals surface area contributed by atoms with Gasteiger partial charge in [0.05, 0.1) is 41.8 Å². The first-order chi connectivity index (χ1) is 26.8. The van der Waals surface area contributed by atoms with Crippen LogP contribution in [0, 0.1) is 29.6 Å². The summed E-state index contributed by atoms with van der Waals surface area (Å²) in [5.74, 6) is -3.22. The van der Waals surface area contributed by atoms with Crippen molar-refractivity contribution in [1.29, 1.82) is 0 Å². The van der Waals surface area contributed by atoms with Crippen molar-refractivity contribution in [3.05, 3.63) is 29.8 Å². The van der Waals surface area contributed by atoms with Gasteiger partial charge in [-0.2, -0.15) is 0 Å². The van der Waals surface area contributed by atoms with Gasteiger partial charge < -0.3 is 58.7 Å². The Morgan fingerprint density at radius 2 is 1.20 bits per heavy atom. The third-order valence-corrected chi connectivity index (χ3v) is 11.7. The van der Waals surface area contributed by atoms with E-state index in [0.717, 1.165) is 24.8 Å². The van der Waals surface area contributed by atoms with Crippen LogP contribution in [0.1, 0.15) is 57.9 Å². The molecule has 56 heavy (non-hydrogen) atoms. The van der Waals surface area contributed by atoms with E-state index < -0.39 is 47.8 Å². The van der Waals surface area contributed by atoms with Crippen LogP contribution in [0.2, 0.25) is 0 Å². The minimum atomic E-state index is -0.628. The first-order valence-corrected chi connectivity index (χ1v) is 20.2. The lowest BCUT2D eigenvalue weighted by Gasteiger charge is -2.27. The van der Waals surface area contributed by atoms with Crippen molar-refractivity contribution in [2.24, 2.45) is 35.3 Å². The molecular formula is C39H62N10O7. The Hall–Kier alpha value is -4.32. The van der Waals surface area contributed by atoms with Crippen LogP contribution < -0.4 is 53.6 Å². The van der Waals surface area contributed by atoms with Gasteiger partial charge in [0.15, 0.2) is 0 Å². The molecule has 6 amide bonds. The normalized spacial score (nSPS) is 28.4. The van der Waals surface area contributed by atoms with Crippen LogP contribution in [0.5, 0.6) is 5.75 Å². The molecule has 0 radical (unpaired) electrons. The van der Waals surface area contributed by atoms with Gasteiger partial charge in [-0.1, -0.05) is 32.4 Å². The fourth-order valence-electron chi connectivity index (χ4n) is 8.70. The zero-order valence-electron chi connectivity index (χ0n) is 32.8. The van der Waals surface area contributed by atoms with Crippen LogP contribution in [0.25, 0.3) is 0 Å². The molecule has 1 aromatic carbocycles. The summed E-state index contributed by atoms with van der Waals surface area (Å²) in [7, 11) is 1.87. The second-order valence-electron chi connectivity index (χ2n) is 16.4. The summed E-state index contributed by atoms with van der Waals surface area (Å²) in [5.41, 5.74) is 6.32. The highest BCUT2D eigenvalue weighted by molar-refractivity contribution is 5.86. The summed E-state index contributed by atoms with van der Waals surface area (Å²) < 4.78 is 0. The van der Waals surface area contributed by atoms with Gasteiger partial charge >= 0.3 is 0 Å². The van der Waals surface area contributed by atoms with Crippen molar-refractivity contribution >= 4 is 35.4 Å². The van der Waals surface area contributed by atoms with E-state index >= 15 is 0 Å². The Kier molecular flexibility index (Phi) is 15.4. The molecule has 1 aliphatic carbocycles. The molecule has 0 bridgehead atoms. The maximum absolute atomic E-state index is 13.8. The van der Waals surface area contributed by atoms with Gasteiger partial charge in [0.2, 0.25) is 35.4 Å². The molecule has 0 spiro atoms. The van der Waals surface area contributed by atoms with Crippen LogP contribution in [0.4, 0.5) is 0 Å². The molecule has 4 aliphatic rings. The first-order valence-electron chi connectivity index (χ1n) is 20.2. The number of carbonyl (C=O) groups excluding carboxylic acids is 6. The van der Waals surface area contributed by atoms with Gasteiger partial charge in [-0.15, -0.1) is 0 Å². The van der Waals surface area contributed by atoms with E-state index in [-0.39, 0.29) is 72.0 Å². The van der Waals surface area contributed by atoms with Crippen molar-refractivity contribution in [3.63, 3.8) is 0 Å². The number of aromatic hydroxyl groups is 1. The molecule has 8 unspecified atom stereocenters. The number of nitrogens with one attached hydrogen (secondary N) is 9. The topological polar surface area (TPSA) is 257 Å². The Bertz CT molecular complexity index is 1540. The van der Waals surface area contributed by atoms with Gasteiger partial charge in [-0.05, 0) is 56.3 Å². The monoisotopic (exact) mass is 782 g/mol. The third kappa shape index (κ3) is 11.8. The summed E-state index contributed by atoms with van der Waals surface area (Å²) in [6.07, 6.45) is 3.56. The van der Waals surface area contributed by atoms with Crippen molar-refractivity contribution < 1.29 is 33.9 Å². The average Bonchev–Trinajstić information content (AvgIpc) is 3.96. The second kappa shape index (κ2) is 20.2. The van der Waals surface area contributed by atoms with Gasteiger partial charge in [-0.25, -0.2) is 0 Å². The molecule has 3 saturated heterocycles. The highest BCUT2D eigenvalue weighted by Gasteiger charge is 2.40. The number of phenols is 1. The highest BCUT2D eigenvalue weighted by atomic mass is 16.3. The highest BCUT2D eigenvalue weighted by Crippen LogP contribution is 2.26. The minimum absolute atomic E-state index is 0.0177. The number of amides is 6. The number of primary amides is 1. The predicted octanol–water partition coefficient (Wildman–Crippen LogP) is -2.28. The summed E-state index contributed by atoms with van der Waals surface area (Å²) in [6.45, 7) is 6.40. The lowest BCUT2D eigenvalue weighted by Crippen LogP contribution is -2.52. The molecule has 0 aromatic heterocycles. The van der Waals surface area contributed by atoms with Crippen molar-refractivity contribution in [3.8, 4) is 5.75 Å². The van der Waals surface area contributed by atoms with E-state index in [1.807, 2.05) is 20.9 Å². The fourth-order valence-corrected chi connectivity index (χ4v) is 8.70. The van der Waals surface area contributed by atoms with Gasteiger partial charge in [0, 0.05) is 70.2 Å². The summed E-state index contributed by atoms with van der Waals surface area (Å²) in [4.78, 5) is 79.2. The lowest BCUT2D eigenvalue weighted by molar-refractivity contribution is -0.129. The summed E-state index contributed by atoms with van der Waals surface area (Å²) in [5, 5.41) is 37.7. The first kappa shape index (κ1) is 42.8. The van der Waals surface area contributed by atoms with Gasteiger partial charge in [0.1, 0.15) is 5.75 Å². The van der Waals surface area contributed by atoms with Crippen LogP contribution >= 0.6 is 0 Å². The Balaban J connectivity index is 1.17. The number of hydrogen-bond acceptors (Lipinski definition) is 11. The quantitative estimate of drug-likeness (QED) is 0.0757. The number of hydrogen-bond donors (Lipinski definition) is 11. The maximum atomic E-state index is 13.8. The standard InChI is InChI=1S/C39H62N10O7/c1-21(2)11-23(45-39(56)29-17-44-20-33(29)49-37(54)26-5-4-6-30(26)41-3)13-34(51)48-32-19-43-16-28(32)38(55)46-24(12-22-7-9-25(50)10-8-22)14-35(52)47-31-18-42-15-27(31)36(40)53/h7-10,21,23-24,26-33,41-44,50H,4-6,11-20H2,1-3H3,(H2,40,53)(H,45,56)(H,46,55)(H,47,52)(H,48,51)(H,49,54)/t23-,24-,26?,27?,28?,29?,30?,31?,32?,33?/m0/s1. The molecule has 4 fully saturated rings. The van der Waals surface area contributed by atoms with E-state index in [0.29, 0.717) is 52.1 Å². The molecular weight excluding hydrogens is 720 g/mol. The number of rotatable bonds is 18. The van der Waals surface area contributed by atoms with E-state index in [4.69, 9.17) is 5.73 Å². The van der Waals surface area contributed by atoms with Crippen LogP contribution in [0.3, 0.4) is 0 Å². The average molecular weight is 783 g/mol. The molecule has 17 nitrogen and oxygen atoms in total. The minimum Gasteiger partial charge on any atom is -0.508 e. The van der Waals surface area contributed by atoms with Gasteiger partial charge in [0.25, 0.3) is 0 Å². The Morgan fingerprint density at radius 3 is 1.75 bits per heavy atom.